The summed E-state index contributed by atoms with van der Waals surface area (Å²) in [5.41, 5.74) is 0. The maximum absolute atomic E-state index is 4.27. The molecular weight excluding hydrogens is 237 g/mol. The molecule has 0 N–H and O–H groups in total. The molecule has 2 rings (SSSR count). The molecule has 0 bridgehead atoms. The van der Waals surface area contributed by atoms with Crippen molar-refractivity contribution < 1.29 is 0 Å². The van der Waals surface area contributed by atoms with Crippen LogP contribution in [-0.2, 0) is 0 Å². The van der Waals surface area contributed by atoms with Crippen molar-refractivity contribution in [1.29, 1.82) is 0 Å². The number of nitrogens with zero attached hydrogens (tertiary/aromatic N) is 1. The molecule has 50 valence electrons. The van der Waals surface area contributed by atoms with Gasteiger partial charge in [0.2, 0.25) is 0 Å². The molecule has 0 aliphatic rings. The summed E-state index contributed by atoms with van der Waals surface area (Å²) in [4.78, 5) is 4.27. The van der Waals surface area contributed by atoms with Crippen molar-refractivity contribution in [2.24, 2.45) is 0 Å². The van der Waals surface area contributed by atoms with Crippen LogP contribution in [0.5, 0.6) is 0 Å². The monoisotopic (exact) mass is 243 g/mol. The molecule has 0 spiro atoms. The van der Waals surface area contributed by atoms with E-state index in [1.165, 1.54) is 14.2 Å². The van der Waals surface area contributed by atoms with E-state index in [0.717, 1.165) is 24.4 Å². The van der Waals surface area contributed by atoms with Crippen molar-refractivity contribution in [3.8, 4) is 0 Å². The molecule has 1 nitrogen and oxygen atoms in total. The zero-order chi connectivity index (χ0) is 7.68. The van der Waals surface area contributed by atoms with Crippen LogP contribution < -0.4 is 3.45 Å². The van der Waals surface area contributed by atoms with Crippen LogP contribution in [0.15, 0.2) is 36.5 Å². The van der Waals surface area contributed by atoms with Gasteiger partial charge in [0, 0.05) is 0 Å². The summed E-state index contributed by atoms with van der Waals surface area (Å²) in [5, 5.41) is 2.60. The van der Waals surface area contributed by atoms with Crippen molar-refractivity contribution in [1.82, 2.24) is 4.98 Å². The van der Waals surface area contributed by atoms with Crippen LogP contribution in [0.2, 0.25) is 0 Å². The van der Waals surface area contributed by atoms with Crippen LogP contribution in [0, 0.1) is 0 Å². The number of hydrogen-bond acceptors (Lipinski definition) is 1. The normalized spacial score (nSPS) is 10.2. The van der Waals surface area contributed by atoms with Crippen molar-refractivity contribution >= 4 is 38.6 Å². The summed E-state index contributed by atoms with van der Waals surface area (Å²) in [6.07, 6.45) is 1.88. The third-order valence-electron chi connectivity index (χ3n) is 1.70. The van der Waals surface area contributed by atoms with Crippen LogP contribution in [-0.4, -0.2) is 29.4 Å². The van der Waals surface area contributed by atoms with Gasteiger partial charge in [0.15, 0.2) is 0 Å². The standard InChI is InChI=1S/C9H6N.In/c1-2-4-9-7-10-6-5-8(9)3-1;/h1-6H;. The van der Waals surface area contributed by atoms with E-state index in [2.05, 4.69) is 35.3 Å². The van der Waals surface area contributed by atoms with Crippen molar-refractivity contribution in [2.45, 2.75) is 0 Å². The molecule has 0 atom stereocenters. The fourth-order valence-electron chi connectivity index (χ4n) is 1.14. The zero-order valence-corrected chi connectivity index (χ0v) is 9.28. The van der Waals surface area contributed by atoms with E-state index >= 15 is 0 Å². The molecule has 0 unspecified atom stereocenters. The van der Waals surface area contributed by atoms with Gasteiger partial charge in [-0.2, -0.15) is 0 Å². The first-order valence-corrected chi connectivity index (χ1v) is 5.12. The Morgan fingerprint density at radius 2 is 1.91 bits per heavy atom. The Labute approximate surface area is 80.0 Å². The van der Waals surface area contributed by atoms with Gasteiger partial charge in [0.25, 0.3) is 0 Å². The Bertz CT molecular complexity index is 379. The van der Waals surface area contributed by atoms with Gasteiger partial charge in [-0.1, -0.05) is 0 Å². The van der Waals surface area contributed by atoms with Gasteiger partial charge >= 0.3 is 80.1 Å². The number of aromatic nitrogens is 1. The molecule has 0 aliphatic carbocycles. The zero-order valence-electron chi connectivity index (χ0n) is 5.99. The van der Waals surface area contributed by atoms with E-state index in [0.29, 0.717) is 0 Å². The number of fused-ring (bicyclic) bond motifs is 1. The molecule has 0 fully saturated rings. The third kappa shape index (κ3) is 1.27. The topological polar surface area (TPSA) is 12.9 Å². The second-order valence-electron chi connectivity index (χ2n) is 2.42. The van der Waals surface area contributed by atoms with Crippen molar-refractivity contribution in [3.63, 3.8) is 0 Å². The molecule has 0 saturated heterocycles. The fraction of sp³-hybridized carbons (Fsp3) is 0. The van der Waals surface area contributed by atoms with Crippen LogP contribution >= 0.6 is 0 Å². The van der Waals surface area contributed by atoms with E-state index in [9.17, 15) is 0 Å². The number of rotatable bonds is 0. The SMILES string of the molecule is [In][c]1nccc2ccccc12. The first kappa shape index (κ1) is 7.17. The Hall–Kier alpha value is -0.500. The molecule has 2 aromatic rings. The molecule has 2 radical (unpaired) electrons. The van der Waals surface area contributed by atoms with Crippen LogP contribution in [0.25, 0.3) is 10.8 Å². The summed E-state index contributed by atoms with van der Waals surface area (Å²) in [6.45, 7) is 0. The van der Waals surface area contributed by atoms with E-state index < -0.39 is 0 Å². The van der Waals surface area contributed by atoms with Crippen LogP contribution in [0.1, 0.15) is 0 Å². The number of pyridine rings is 1. The predicted octanol–water partition coefficient (Wildman–Crippen LogP) is 1.03. The quantitative estimate of drug-likeness (QED) is 0.673. The van der Waals surface area contributed by atoms with Crippen LogP contribution in [0.4, 0.5) is 0 Å². The minimum absolute atomic E-state index is 1.09. The van der Waals surface area contributed by atoms with E-state index in [1.807, 2.05) is 6.20 Å². The summed E-state index contributed by atoms with van der Waals surface area (Å²) in [7, 11) is 0. The molecule has 0 saturated carbocycles. The molecule has 1 heterocycles. The Morgan fingerprint density at radius 1 is 1.09 bits per heavy atom. The second kappa shape index (κ2) is 2.86. The molecule has 1 aromatic heterocycles. The Kier molecular flexibility index (Phi) is 1.86. The Morgan fingerprint density at radius 3 is 2.73 bits per heavy atom. The van der Waals surface area contributed by atoms with E-state index in [4.69, 9.17) is 0 Å². The van der Waals surface area contributed by atoms with Gasteiger partial charge in [0.05, 0.1) is 0 Å². The molecule has 0 aliphatic heterocycles. The maximum atomic E-state index is 4.27. The van der Waals surface area contributed by atoms with Gasteiger partial charge in [0.1, 0.15) is 0 Å². The third-order valence-corrected chi connectivity index (χ3v) is 3.02. The molecule has 11 heavy (non-hydrogen) atoms. The Balaban J connectivity index is 2.91. The van der Waals surface area contributed by atoms with Gasteiger partial charge in [-0.05, 0) is 0 Å². The minimum atomic E-state index is 1.09. The summed E-state index contributed by atoms with van der Waals surface area (Å²) < 4.78 is 1.23. The molecule has 2 heteroatoms. The first-order valence-electron chi connectivity index (χ1n) is 3.47. The molecule has 1 aromatic carbocycles. The summed E-state index contributed by atoms with van der Waals surface area (Å²) >= 11 is 1.09. The van der Waals surface area contributed by atoms with E-state index in [1.54, 1.807) is 0 Å². The van der Waals surface area contributed by atoms with Gasteiger partial charge < -0.3 is 0 Å². The number of hydrogen-bond donors (Lipinski definition) is 0. The average Bonchev–Trinajstić information content (AvgIpc) is 2.06. The molecular formula is C9H6InN. The van der Waals surface area contributed by atoms with Crippen LogP contribution in [0.3, 0.4) is 0 Å². The van der Waals surface area contributed by atoms with Gasteiger partial charge in [-0.25, -0.2) is 0 Å². The summed E-state index contributed by atoms with van der Waals surface area (Å²) in [5.74, 6) is 0. The second-order valence-corrected chi connectivity index (χ2v) is 3.98. The predicted molar refractivity (Wildman–Crippen MR) is 47.1 cm³/mol. The first-order chi connectivity index (χ1) is 5.38. The van der Waals surface area contributed by atoms with Crippen molar-refractivity contribution in [3.05, 3.63) is 36.5 Å². The number of benzene rings is 1. The van der Waals surface area contributed by atoms with Gasteiger partial charge in [-0.3, -0.25) is 0 Å². The van der Waals surface area contributed by atoms with Gasteiger partial charge in [-0.15, -0.1) is 0 Å². The van der Waals surface area contributed by atoms with E-state index in [-0.39, 0.29) is 0 Å². The molecule has 0 amide bonds. The fourth-order valence-corrected chi connectivity index (χ4v) is 2.14. The van der Waals surface area contributed by atoms with Crippen molar-refractivity contribution in [2.75, 3.05) is 0 Å². The average molecular weight is 243 g/mol. The summed E-state index contributed by atoms with van der Waals surface area (Å²) in [6, 6.07) is 10.4.